The van der Waals surface area contributed by atoms with Crippen molar-refractivity contribution in [3.63, 3.8) is 0 Å². The first kappa shape index (κ1) is 16.6. The Morgan fingerprint density at radius 2 is 0.893 bits per heavy atom. The minimum atomic E-state index is 0.396. The van der Waals surface area contributed by atoms with Crippen LogP contribution in [0.1, 0.15) is 5.56 Å². The van der Waals surface area contributed by atoms with Crippen molar-refractivity contribution in [2.75, 3.05) is 0 Å². The predicted octanol–water partition coefficient (Wildman–Crippen LogP) is 7.44. The van der Waals surface area contributed by atoms with Crippen molar-refractivity contribution in [3.05, 3.63) is 103 Å². The van der Waals surface area contributed by atoms with Crippen molar-refractivity contribution in [1.29, 1.82) is 0 Å². The van der Waals surface area contributed by atoms with Gasteiger partial charge < -0.3 is 5.11 Å². The molecule has 0 unspecified atom stereocenters. The van der Waals surface area contributed by atoms with Crippen molar-refractivity contribution in [1.82, 2.24) is 0 Å². The highest BCUT2D eigenvalue weighted by molar-refractivity contribution is 6.22. The molecule has 0 fully saturated rings. The fourth-order valence-corrected chi connectivity index (χ4v) is 4.03. The Morgan fingerprint density at radius 3 is 1.43 bits per heavy atom. The normalized spacial score (nSPS) is 11.2. The molecule has 0 radical (unpaired) electrons. The van der Waals surface area contributed by atoms with E-state index in [0.717, 1.165) is 16.3 Å². The van der Waals surface area contributed by atoms with Crippen LogP contribution in [0.4, 0.5) is 0 Å². The van der Waals surface area contributed by atoms with Gasteiger partial charge in [0.2, 0.25) is 0 Å². The van der Waals surface area contributed by atoms with Crippen LogP contribution in [0.5, 0.6) is 5.75 Å². The molecule has 134 valence electrons. The Labute approximate surface area is 163 Å². The minimum Gasteiger partial charge on any atom is -0.507 e. The van der Waals surface area contributed by atoms with Crippen LogP contribution in [0.25, 0.3) is 43.1 Å². The van der Waals surface area contributed by atoms with Gasteiger partial charge in [0.1, 0.15) is 5.75 Å². The van der Waals surface area contributed by atoms with Gasteiger partial charge in [-0.1, -0.05) is 97.1 Å². The molecule has 0 aliphatic carbocycles. The van der Waals surface area contributed by atoms with Crippen LogP contribution < -0.4 is 0 Å². The molecule has 0 amide bonds. The smallest absolute Gasteiger partial charge is 0.126 e. The van der Waals surface area contributed by atoms with Gasteiger partial charge in [-0.3, -0.25) is 0 Å². The van der Waals surface area contributed by atoms with E-state index in [2.05, 4.69) is 60.7 Å². The Hall–Kier alpha value is -3.58. The Bertz CT molecular complexity index is 1300. The number of hydrogen-bond acceptors (Lipinski definition) is 1. The van der Waals surface area contributed by atoms with E-state index < -0.39 is 0 Å². The van der Waals surface area contributed by atoms with Crippen molar-refractivity contribution < 1.29 is 5.11 Å². The molecule has 0 aliphatic heterocycles. The maximum Gasteiger partial charge on any atom is 0.126 e. The zero-order chi connectivity index (χ0) is 19.1. The van der Waals surface area contributed by atoms with Gasteiger partial charge in [0.25, 0.3) is 0 Å². The van der Waals surface area contributed by atoms with Crippen LogP contribution >= 0.6 is 0 Å². The lowest BCUT2D eigenvalue weighted by atomic mass is 9.95. The molecule has 28 heavy (non-hydrogen) atoms. The van der Waals surface area contributed by atoms with E-state index in [4.69, 9.17) is 0 Å². The van der Waals surface area contributed by atoms with Gasteiger partial charge in [0.05, 0.1) is 0 Å². The molecule has 0 atom stereocenters. The molecular weight excluding hydrogens is 340 g/mol. The van der Waals surface area contributed by atoms with E-state index >= 15 is 0 Å². The molecule has 0 bridgehead atoms. The van der Waals surface area contributed by atoms with Crippen LogP contribution in [0, 0.1) is 6.92 Å². The van der Waals surface area contributed by atoms with E-state index in [9.17, 15) is 5.11 Å². The van der Waals surface area contributed by atoms with E-state index in [-0.39, 0.29) is 0 Å². The third kappa shape index (κ3) is 2.64. The fourth-order valence-electron chi connectivity index (χ4n) is 4.03. The molecule has 0 aliphatic rings. The van der Waals surface area contributed by atoms with Crippen molar-refractivity contribution in [3.8, 4) is 5.75 Å². The van der Waals surface area contributed by atoms with Gasteiger partial charge in [-0.25, -0.2) is 0 Å². The molecule has 1 heteroatoms. The maximum atomic E-state index is 9.66. The second kappa shape index (κ2) is 6.54. The third-order valence-corrected chi connectivity index (χ3v) is 5.50. The SMILES string of the molecule is Cc1ccc2ccccc2c1O.c1cc2ccc3cccc4ccc(c1)c2c34. The molecule has 0 heterocycles. The summed E-state index contributed by atoms with van der Waals surface area (Å²) in [4.78, 5) is 0. The summed E-state index contributed by atoms with van der Waals surface area (Å²) in [5, 5.41) is 19.8. The molecule has 0 saturated heterocycles. The highest BCUT2D eigenvalue weighted by Gasteiger charge is 2.06. The summed E-state index contributed by atoms with van der Waals surface area (Å²) in [7, 11) is 0. The summed E-state index contributed by atoms with van der Waals surface area (Å²) >= 11 is 0. The molecule has 0 spiro atoms. The minimum absolute atomic E-state index is 0.396. The highest BCUT2D eigenvalue weighted by atomic mass is 16.3. The van der Waals surface area contributed by atoms with E-state index in [0.29, 0.717) is 5.75 Å². The Kier molecular flexibility index (Phi) is 3.87. The molecule has 6 aromatic rings. The van der Waals surface area contributed by atoms with Gasteiger partial charge in [0, 0.05) is 5.39 Å². The molecule has 6 aromatic carbocycles. The largest absolute Gasteiger partial charge is 0.507 e. The number of aryl methyl sites for hydroxylation is 1. The zero-order valence-corrected chi connectivity index (χ0v) is 15.7. The zero-order valence-electron chi connectivity index (χ0n) is 15.7. The lowest BCUT2D eigenvalue weighted by Crippen LogP contribution is -1.82. The molecule has 0 saturated carbocycles. The van der Waals surface area contributed by atoms with Crippen LogP contribution in [-0.2, 0) is 0 Å². The quantitative estimate of drug-likeness (QED) is 0.279. The number of phenols is 1. The van der Waals surface area contributed by atoms with Crippen molar-refractivity contribution >= 4 is 43.1 Å². The molecule has 0 aromatic heterocycles. The average molecular weight is 360 g/mol. The first-order valence-corrected chi connectivity index (χ1v) is 9.52. The summed E-state index contributed by atoms with van der Waals surface area (Å²) in [6, 6.07) is 33.6. The summed E-state index contributed by atoms with van der Waals surface area (Å²) in [5.41, 5.74) is 0.925. The lowest BCUT2D eigenvalue weighted by molar-refractivity contribution is 0.477. The maximum absolute atomic E-state index is 9.66. The summed E-state index contributed by atoms with van der Waals surface area (Å²) in [5.74, 6) is 0.396. The van der Waals surface area contributed by atoms with E-state index in [1.54, 1.807) is 0 Å². The first-order valence-electron chi connectivity index (χ1n) is 9.52. The monoisotopic (exact) mass is 360 g/mol. The summed E-state index contributed by atoms with van der Waals surface area (Å²) in [6.07, 6.45) is 0. The topological polar surface area (TPSA) is 20.2 Å². The third-order valence-electron chi connectivity index (χ3n) is 5.50. The lowest BCUT2D eigenvalue weighted by Gasteiger charge is -2.09. The summed E-state index contributed by atoms with van der Waals surface area (Å²) < 4.78 is 0. The Balaban J connectivity index is 0.000000128. The number of hydrogen-bond donors (Lipinski definition) is 1. The van der Waals surface area contributed by atoms with Crippen LogP contribution in [0.3, 0.4) is 0 Å². The van der Waals surface area contributed by atoms with Gasteiger partial charge in [0.15, 0.2) is 0 Å². The van der Waals surface area contributed by atoms with E-state index in [1.807, 2.05) is 43.3 Å². The van der Waals surface area contributed by atoms with Crippen LogP contribution in [0.2, 0.25) is 0 Å². The number of aromatic hydroxyl groups is 1. The second-order valence-electron chi connectivity index (χ2n) is 7.24. The number of rotatable bonds is 0. The second-order valence-corrected chi connectivity index (χ2v) is 7.24. The average Bonchev–Trinajstić information content (AvgIpc) is 2.75. The number of phenolic OH excluding ortho intramolecular Hbond substituents is 1. The van der Waals surface area contributed by atoms with Gasteiger partial charge in [-0.05, 0) is 50.2 Å². The predicted molar refractivity (Wildman–Crippen MR) is 120 cm³/mol. The van der Waals surface area contributed by atoms with Crippen LogP contribution in [0.15, 0.2) is 97.1 Å². The standard InChI is InChI=1S/C16H10.C11H10O/c1-3-11-7-9-13-5-2-6-14-10-8-12(4-1)15(11)16(13)14;1-8-6-7-9-4-2-3-5-10(9)11(8)12/h1-10H;2-7,12H,1H3. The van der Waals surface area contributed by atoms with Gasteiger partial charge in [-0.15, -0.1) is 0 Å². The fraction of sp³-hybridized carbons (Fsp3) is 0.0370. The van der Waals surface area contributed by atoms with Crippen molar-refractivity contribution in [2.45, 2.75) is 6.92 Å². The van der Waals surface area contributed by atoms with Gasteiger partial charge in [-0.2, -0.15) is 0 Å². The van der Waals surface area contributed by atoms with Gasteiger partial charge >= 0.3 is 0 Å². The van der Waals surface area contributed by atoms with E-state index in [1.165, 1.54) is 32.3 Å². The molecule has 1 nitrogen and oxygen atoms in total. The number of fused-ring (bicyclic) bond motifs is 1. The first-order chi connectivity index (χ1) is 13.7. The molecule has 6 rings (SSSR count). The van der Waals surface area contributed by atoms with Crippen molar-refractivity contribution in [2.24, 2.45) is 0 Å². The molecule has 1 N–H and O–H groups in total. The highest BCUT2D eigenvalue weighted by Crippen LogP contribution is 2.33. The summed E-state index contributed by atoms with van der Waals surface area (Å²) in [6.45, 7) is 1.90. The molecular formula is C27H20O. The Morgan fingerprint density at radius 1 is 0.464 bits per heavy atom. The van der Waals surface area contributed by atoms with Crippen LogP contribution in [-0.4, -0.2) is 5.11 Å². The number of benzene rings is 6.